The Morgan fingerprint density at radius 2 is 1.92 bits per heavy atom. The molecule has 1 aromatic heterocycles. The second-order valence-electron chi connectivity index (χ2n) is 6.60. The smallest absolute Gasteiger partial charge is 0.264 e. The average molecular weight is 322 g/mol. The van der Waals surface area contributed by atoms with Crippen molar-refractivity contribution in [3.63, 3.8) is 0 Å². The van der Waals surface area contributed by atoms with Crippen molar-refractivity contribution in [2.75, 3.05) is 6.54 Å². The minimum atomic E-state index is -0.384. The van der Waals surface area contributed by atoms with E-state index in [-0.39, 0.29) is 18.1 Å². The van der Waals surface area contributed by atoms with Crippen LogP contribution in [0.15, 0.2) is 48.8 Å². The predicted molar refractivity (Wildman–Crippen MR) is 91.7 cm³/mol. The van der Waals surface area contributed by atoms with Crippen LogP contribution in [-0.2, 0) is 11.2 Å². The SMILES string of the molecule is O=C([C@H]1Cc2ccccc2O1)N1CCCCC[C@@H]1c1ccncc1. The molecular weight excluding hydrogens is 300 g/mol. The first-order valence-corrected chi connectivity index (χ1v) is 8.78. The molecule has 4 rings (SSSR count). The quantitative estimate of drug-likeness (QED) is 0.849. The first-order valence-electron chi connectivity index (χ1n) is 8.78. The molecule has 1 fully saturated rings. The Kier molecular flexibility index (Phi) is 4.20. The van der Waals surface area contributed by atoms with Gasteiger partial charge < -0.3 is 9.64 Å². The van der Waals surface area contributed by atoms with Crippen molar-refractivity contribution in [1.29, 1.82) is 0 Å². The summed E-state index contributed by atoms with van der Waals surface area (Å²) in [6, 6.07) is 12.1. The van der Waals surface area contributed by atoms with E-state index in [0.717, 1.165) is 37.1 Å². The first-order chi connectivity index (χ1) is 11.8. The van der Waals surface area contributed by atoms with Crippen LogP contribution in [0.5, 0.6) is 5.75 Å². The maximum Gasteiger partial charge on any atom is 0.264 e. The van der Waals surface area contributed by atoms with Crippen LogP contribution in [0, 0.1) is 0 Å². The summed E-state index contributed by atoms with van der Waals surface area (Å²) >= 11 is 0. The number of amides is 1. The number of benzene rings is 1. The minimum absolute atomic E-state index is 0.120. The highest BCUT2D eigenvalue weighted by atomic mass is 16.5. The van der Waals surface area contributed by atoms with Crippen LogP contribution in [0.4, 0.5) is 0 Å². The highest BCUT2D eigenvalue weighted by Crippen LogP contribution is 2.34. The van der Waals surface area contributed by atoms with E-state index in [2.05, 4.69) is 4.98 Å². The van der Waals surface area contributed by atoms with Crippen molar-refractivity contribution in [1.82, 2.24) is 9.88 Å². The summed E-state index contributed by atoms with van der Waals surface area (Å²) < 4.78 is 5.94. The van der Waals surface area contributed by atoms with Gasteiger partial charge in [-0.1, -0.05) is 31.0 Å². The van der Waals surface area contributed by atoms with Gasteiger partial charge in [-0.2, -0.15) is 0 Å². The Balaban J connectivity index is 1.57. The summed E-state index contributed by atoms with van der Waals surface area (Å²) in [6.45, 7) is 0.808. The fourth-order valence-corrected chi connectivity index (χ4v) is 3.81. The maximum absolute atomic E-state index is 13.2. The van der Waals surface area contributed by atoms with E-state index in [1.54, 1.807) is 0 Å². The second kappa shape index (κ2) is 6.63. The van der Waals surface area contributed by atoms with Gasteiger partial charge in [0.1, 0.15) is 5.75 Å². The molecular formula is C20H22N2O2. The van der Waals surface area contributed by atoms with Gasteiger partial charge >= 0.3 is 0 Å². The number of aromatic nitrogens is 1. The van der Waals surface area contributed by atoms with E-state index in [9.17, 15) is 4.79 Å². The van der Waals surface area contributed by atoms with Crippen LogP contribution >= 0.6 is 0 Å². The molecule has 0 bridgehead atoms. The third-order valence-corrected chi connectivity index (χ3v) is 5.05. The van der Waals surface area contributed by atoms with Crippen molar-refractivity contribution in [3.05, 3.63) is 59.9 Å². The van der Waals surface area contributed by atoms with Crippen LogP contribution in [0.2, 0.25) is 0 Å². The van der Waals surface area contributed by atoms with Crippen molar-refractivity contribution >= 4 is 5.91 Å². The lowest BCUT2D eigenvalue weighted by Crippen LogP contribution is -2.43. The molecule has 2 aliphatic heterocycles. The molecule has 1 amide bonds. The van der Waals surface area contributed by atoms with Crippen molar-refractivity contribution < 1.29 is 9.53 Å². The molecule has 1 aromatic carbocycles. The summed E-state index contributed by atoms with van der Waals surface area (Å²) in [7, 11) is 0. The third kappa shape index (κ3) is 2.88. The summed E-state index contributed by atoms with van der Waals surface area (Å²) in [6.07, 6.45) is 8.32. The normalized spacial score (nSPS) is 23.2. The Hall–Kier alpha value is -2.36. The first kappa shape index (κ1) is 15.2. The molecule has 24 heavy (non-hydrogen) atoms. The van der Waals surface area contributed by atoms with Crippen LogP contribution in [0.25, 0.3) is 0 Å². The standard InChI is InChI=1S/C20H22N2O2/c23-20(19-14-16-6-3-4-8-18(16)24-19)22-13-5-1-2-7-17(22)15-9-11-21-12-10-15/h3-4,6,8-12,17,19H,1-2,5,7,13-14H2/t17-,19-/m1/s1. The number of rotatable bonds is 2. The van der Waals surface area contributed by atoms with Crippen molar-refractivity contribution in [2.45, 2.75) is 44.2 Å². The number of hydrogen-bond donors (Lipinski definition) is 0. The molecule has 0 unspecified atom stereocenters. The van der Waals surface area contributed by atoms with Gasteiger partial charge in [0.25, 0.3) is 5.91 Å². The van der Waals surface area contributed by atoms with E-state index in [0.29, 0.717) is 6.42 Å². The molecule has 0 aliphatic carbocycles. The van der Waals surface area contributed by atoms with E-state index < -0.39 is 0 Å². The van der Waals surface area contributed by atoms with E-state index in [1.807, 2.05) is 53.7 Å². The second-order valence-corrected chi connectivity index (χ2v) is 6.60. The molecule has 2 aromatic rings. The lowest BCUT2D eigenvalue weighted by Gasteiger charge is -2.32. The Morgan fingerprint density at radius 1 is 1.08 bits per heavy atom. The van der Waals surface area contributed by atoms with Gasteiger partial charge in [-0.05, 0) is 42.2 Å². The highest BCUT2D eigenvalue weighted by Gasteiger charge is 2.36. The van der Waals surface area contributed by atoms with Gasteiger partial charge in [-0.3, -0.25) is 9.78 Å². The summed E-state index contributed by atoms with van der Waals surface area (Å²) in [5, 5.41) is 0. The fourth-order valence-electron chi connectivity index (χ4n) is 3.81. The fraction of sp³-hybridized carbons (Fsp3) is 0.400. The number of carbonyl (C=O) groups excluding carboxylic acids is 1. The molecule has 0 saturated carbocycles. The highest BCUT2D eigenvalue weighted by molar-refractivity contribution is 5.83. The van der Waals surface area contributed by atoms with Gasteiger partial charge in [-0.25, -0.2) is 0 Å². The number of nitrogens with zero attached hydrogens (tertiary/aromatic N) is 2. The molecule has 0 spiro atoms. The molecule has 3 heterocycles. The number of likely N-dealkylation sites (tertiary alicyclic amines) is 1. The largest absolute Gasteiger partial charge is 0.480 e. The summed E-state index contributed by atoms with van der Waals surface area (Å²) in [5.74, 6) is 0.973. The van der Waals surface area contributed by atoms with E-state index in [4.69, 9.17) is 4.74 Å². The average Bonchev–Trinajstić information content (AvgIpc) is 2.91. The number of pyridine rings is 1. The molecule has 2 aliphatic rings. The molecule has 1 saturated heterocycles. The number of hydrogen-bond acceptors (Lipinski definition) is 3. The Labute approximate surface area is 142 Å². The van der Waals surface area contributed by atoms with Crippen LogP contribution < -0.4 is 4.74 Å². The van der Waals surface area contributed by atoms with Gasteiger partial charge in [0.05, 0.1) is 6.04 Å². The molecule has 0 N–H and O–H groups in total. The van der Waals surface area contributed by atoms with Crippen molar-refractivity contribution in [3.8, 4) is 5.75 Å². The van der Waals surface area contributed by atoms with Gasteiger partial charge in [0.2, 0.25) is 0 Å². The van der Waals surface area contributed by atoms with Gasteiger partial charge in [0.15, 0.2) is 6.10 Å². The lowest BCUT2D eigenvalue weighted by molar-refractivity contribution is -0.140. The maximum atomic E-state index is 13.2. The van der Waals surface area contributed by atoms with Crippen LogP contribution in [0.3, 0.4) is 0 Å². The van der Waals surface area contributed by atoms with Gasteiger partial charge in [-0.15, -0.1) is 0 Å². The number of ether oxygens (including phenoxy) is 1. The summed E-state index contributed by atoms with van der Waals surface area (Å²) in [5.41, 5.74) is 2.31. The summed E-state index contributed by atoms with van der Waals surface area (Å²) in [4.78, 5) is 19.3. The molecule has 124 valence electrons. The lowest BCUT2D eigenvalue weighted by atomic mass is 10.0. The molecule has 4 nitrogen and oxygen atoms in total. The Morgan fingerprint density at radius 3 is 2.75 bits per heavy atom. The zero-order chi connectivity index (χ0) is 16.4. The number of fused-ring (bicyclic) bond motifs is 1. The number of carbonyl (C=O) groups is 1. The minimum Gasteiger partial charge on any atom is -0.480 e. The molecule has 2 atom stereocenters. The molecule has 0 radical (unpaired) electrons. The third-order valence-electron chi connectivity index (χ3n) is 5.05. The zero-order valence-electron chi connectivity index (χ0n) is 13.7. The van der Waals surface area contributed by atoms with Crippen molar-refractivity contribution in [2.24, 2.45) is 0 Å². The number of para-hydroxylation sites is 1. The predicted octanol–water partition coefficient (Wildman–Crippen LogP) is 3.53. The monoisotopic (exact) mass is 322 g/mol. The zero-order valence-corrected chi connectivity index (χ0v) is 13.7. The van der Waals surface area contributed by atoms with Crippen LogP contribution in [-0.4, -0.2) is 28.4 Å². The van der Waals surface area contributed by atoms with Crippen LogP contribution in [0.1, 0.15) is 42.9 Å². The Bertz CT molecular complexity index is 692. The molecule has 4 heteroatoms. The van der Waals surface area contributed by atoms with E-state index >= 15 is 0 Å². The topological polar surface area (TPSA) is 42.4 Å². The van der Waals surface area contributed by atoms with E-state index in [1.165, 1.54) is 12.0 Å². The van der Waals surface area contributed by atoms with Gasteiger partial charge in [0, 0.05) is 25.4 Å².